The Kier molecular flexibility index (Phi) is 6.67. The lowest BCUT2D eigenvalue weighted by atomic mass is 10.3. The van der Waals surface area contributed by atoms with E-state index in [9.17, 15) is 4.79 Å². The zero-order valence-corrected chi connectivity index (χ0v) is 15.0. The van der Waals surface area contributed by atoms with Gasteiger partial charge >= 0.3 is 0 Å². The first-order valence-electron chi connectivity index (χ1n) is 7.11. The number of rotatable bonds is 7. The first-order valence-corrected chi connectivity index (χ1v) is 9.46. The van der Waals surface area contributed by atoms with Crippen LogP contribution in [-0.2, 0) is 0 Å². The predicted octanol–water partition coefficient (Wildman–Crippen LogP) is 4.07. The lowest BCUT2D eigenvalue weighted by Gasteiger charge is -2.19. The van der Waals surface area contributed by atoms with Crippen LogP contribution in [0.4, 0.5) is 0 Å². The number of nitrogens with zero attached hydrogens (tertiary/aromatic N) is 3. The minimum Gasteiger partial charge on any atom is -0.337 e. The second kappa shape index (κ2) is 8.50. The summed E-state index contributed by atoms with van der Waals surface area (Å²) in [6.45, 7) is 5.48. The average Bonchev–Trinajstić information content (AvgIpc) is 2.94. The third kappa shape index (κ3) is 4.21. The molecule has 4 nitrogen and oxygen atoms in total. The van der Waals surface area contributed by atoms with Crippen molar-refractivity contribution in [3.8, 4) is 10.6 Å². The van der Waals surface area contributed by atoms with E-state index >= 15 is 0 Å². The number of halogens is 1. The van der Waals surface area contributed by atoms with Crippen LogP contribution in [0.25, 0.3) is 10.6 Å². The van der Waals surface area contributed by atoms with Gasteiger partial charge in [-0.2, -0.15) is 11.8 Å². The number of hydrogen-bond donors (Lipinski definition) is 0. The highest BCUT2D eigenvalue weighted by molar-refractivity contribution is 7.99. The lowest BCUT2D eigenvalue weighted by Crippen LogP contribution is -2.32. The Labute approximate surface area is 143 Å². The molecule has 0 atom stereocenters. The van der Waals surface area contributed by atoms with Gasteiger partial charge < -0.3 is 4.90 Å². The van der Waals surface area contributed by atoms with E-state index in [1.54, 1.807) is 12.4 Å². The van der Waals surface area contributed by atoms with Gasteiger partial charge in [0.25, 0.3) is 5.91 Å². The summed E-state index contributed by atoms with van der Waals surface area (Å²) in [7, 11) is 0. The number of pyridine rings is 1. The van der Waals surface area contributed by atoms with Crippen molar-refractivity contribution in [2.45, 2.75) is 13.8 Å². The number of thiazole rings is 1. The van der Waals surface area contributed by atoms with Crippen molar-refractivity contribution in [2.24, 2.45) is 0 Å². The summed E-state index contributed by atoms with van der Waals surface area (Å²) < 4.78 is 0. The number of aromatic nitrogens is 2. The van der Waals surface area contributed by atoms with E-state index in [0.29, 0.717) is 11.4 Å². The van der Waals surface area contributed by atoms with E-state index in [2.05, 4.69) is 16.9 Å². The molecular weight excluding hydrogens is 338 g/mol. The Bertz CT molecular complexity index is 619. The van der Waals surface area contributed by atoms with Crippen LogP contribution in [0.3, 0.4) is 0 Å². The monoisotopic (exact) mass is 355 g/mol. The molecule has 2 heterocycles. The number of carbonyl (C=O) groups is 1. The lowest BCUT2D eigenvalue weighted by molar-refractivity contribution is 0.0779. The molecule has 118 valence electrons. The van der Waals surface area contributed by atoms with Crippen LogP contribution in [-0.4, -0.2) is 45.4 Å². The average molecular weight is 356 g/mol. The first kappa shape index (κ1) is 17.2. The zero-order valence-electron chi connectivity index (χ0n) is 12.6. The van der Waals surface area contributed by atoms with Crippen LogP contribution in [0.1, 0.15) is 23.5 Å². The highest BCUT2D eigenvalue weighted by Crippen LogP contribution is 2.31. The highest BCUT2D eigenvalue weighted by atomic mass is 35.5. The van der Waals surface area contributed by atoms with Crippen molar-refractivity contribution in [3.05, 3.63) is 34.6 Å². The van der Waals surface area contributed by atoms with Gasteiger partial charge in [-0.3, -0.25) is 9.78 Å². The second-order valence-corrected chi connectivity index (χ2v) is 7.21. The fourth-order valence-electron chi connectivity index (χ4n) is 1.91. The second-order valence-electron chi connectivity index (χ2n) is 4.46. The van der Waals surface area contributed by atoms with Gasteiger partial charge in [-0.1, -0.05) is 18.5 Å². The van der Waals surface area contributed by atoms with Gasteiger partial charge in [0.2, 0.25) is 0 Å². The van der Waals surface area contributed by atoms with Crippen LogP contribution in [0.2, 0.25) is 5.15 Å². The minimum atomic E-state index is -0.0446. The molecule has 22 heavy (non-hydrogen) atoms. The molecule has 2 rings (SSSR count). The van der Waals surface area contributed by atoms with E-state index < -0.39 is 0 Å². The van der Waals surface area contributed by atoms with E-state index in [1.807, 2.05) is 35.7 Å². The van der Waals surface area contributed by atoms with Crippen LogP contribution < -0.4 is 0 Å². The molecular formula is C15H18ClN3OS2. The predicted molar refractivity (Wildman–Crippen MR) is 94.9 cm³/mol. The normalized spacial score (nSPS) is 10.7. The summed E-state index contributed by atoms with van der Waals surface area (Å²) in [5.74, 6) is 1.94. The maximum absolute atomic E-state index is 12.6. The largest absolute Gasteiger partial charge is 0.337 e. The molecule has 7 heteroatoms. The van der Waals surface area contributed by atoms with Crippen molar-refractivity contribution >= 4 is 40.6 Å². The molecule has 0 aliphatic rings. The molecule has 2 aromatic rings. The molecule has 0 aromatic carbocycles. The standard InChI is InChI=1S/C15H18ClN3OS2/c1-3-19(8-9-21-4-2)15(20)12-13(16)18-14(22-12)11-6-5-7-17-10-11/h5-7,10H,3-4,8-9H2,1-2H3. The van der Waals surface area contributed by atoms with Crippen molar-refractivity contribution in [1.82, 2.24) is 14.9 Å². The van der Waals surface area contributed by atoms with Gasteiger partial charge in [0.15, 0.2) is 5.15 Å². The Balaban J connectivity index is 2.17. The van der Waals surface area contributed by atoms with Crippen LogP contribution >= 0.6 is 34.7 Å². The topological polar surface area (TPSA) is 46.1 Å². The third-order valence-corrected chi connectivity index (χ3v) is 5.42. The Morgan fingerprint density at radius 3 is 2.91 bits per heavy atom. The Morgan fingerprint density at radius 2 is 2.27 bits per heavy atom. The van der Waals surface area contributed by atoms with E-state index in [4.69, 9.17) is 11.6 Å². The number of thioether (sulfide) groups is 1. The molecule has 0 saturated carbocycles. The molecule has 0 radical (unpaired) electrons. The van der Waals surface area contributed by atoms with Gasteiger partial charge in [-0.05, 0) is 24.8 Å². The molecule has 0 fully saturated rings. The molecule has 0 aliphatic heterocycles. The molecule has 0 spiro atoms. The van der Waals surface area contributed by atoms with E-state index in [1.165, 1.54) is 11.3 Å². The highest BCUT2D eigenvalue weighted by Gasteiger charge is 2.22. The molecule has 2 aromatic heterocycles. The summed E-state index contributed by atoms with van der Waals surface area (Å²) in [6, 6.07) is 3.75. The van der Waals surface area contributed by atoms with Crippen LogP contribution in [0.15, 0.2) is 24.5 Å². The SMILES string of the molecule is CCSCCN(CC)C(=O)c1sc(-c2cccnc2)nc1Cl. The summed E-state index contributed by atoms with van der Waals surface area (Å²) in [6.07, 6.45) is 3.42. The van der Waals surface area contributed by atoms with Gasteiger partial charge in [0.05, 0.1) is 0 Å². The first-order chi connectivity index (χ1) is 10.7. The molecule has 1 amide bonds. The maximum Gasteiger partial charge on any atom is 0.267 e. The smallest absolute Gasteiger partial charge is 0.267 e. The fraction of sp³-hybridized carbons (Fsp3) is 0.400. The molecule has 0 N–H and O–H groups in total. The fourth-order valence-corrected chi connectivity index (χ4v) is 3.80. The molecule has 0 aliphatic carbocycles. The molecule has 0 saturated heterocycles. The van der Waals surface area contributed by atoms with Crippen LogP contribution in [0.5, 0.6) is 0 Å². The van der Waals surface area contributed by atoms with E-state index in [-0.39, 0.29) is 11.1 Å². The Hall–Kier alpha value is -1.11. The third-order valence-electron chi connectivity index (χ3n) is 3.07. The summed E-state index contributed by atoms with van der Waals surface area (Å²) in [5, 5.41) is 0.996. The van der Waals surface area contributed by atoms with E-state index in [0.717, 1.165) is 28.6 Å². The number of amides is 1. The molecule has 0 unspecified atom stereocenters. The van der Waals surface area contributed by atoms with Gasteiger partial charge in [-0.15, -0.1) is 11.3 Å². The summed E-state index contributed by atoms with van der Waals surface area (Å²) >= 11 is 9.32. The zero-order chi connectivity index (χ0) is 15.9. The summed E-state index contributed by atoms with van der Waals surface area (Å²) in [5.41, 5.74) is 0.873. The quantitative estimate of drug-likeness (QED) is 0.702. The van der Waals surface area contributed by atoms with Crippen LogP contribution in [0, 0.1) is 0 Å². The van der Waals surface area contributed by atoms with Crippen molar-refractivity contribution in [1.29, 1.82) is 0 Å². The number of carbonyl (C=O) groups excluding carboxylic acids is 1. The Morgan fingerprint density at radius 1 is 1.45 bits per heavy atom. The van der Waals surface area contributed by atoms with Crippen molar-refractivity contribution in [3.63, 3.8) is 0 Å². The summed E-state index contributed by atoms with van der Waals surface area (Å²) in [4.78, 5) is 23.3. The molecule has 0 bridgehead atoms. The van der Waals surface area contributed by atoms with Gasteiger partial charge in [0.1, 0.15) is 9.88 Å². The van der Waals surface area contributed by atoms with Crippen molar-refractivity contribution < 1.29 is 4.79 Å². The maximum atomic E-state index is 12.6. The van der Waals surface area contributed by atoms with Crippen molar-refractivity contribution in [2.75, 3.05) is 24.6 Å². The minimum absolute atomic E-state index is 0.0446. The van der Waals surface area contributed by atoms with Gasteiger partial charge in [-0.25, -0.2) is 4.98 Å². The number of hydrogen-bond acceptors (Lipinski definition) is 5. The van der Waals surface area contributed by atoms with Gasteiger partial charge in [0, 0.05) is 36.8 Å².